The van der Waals surface area contributed by atoms with Crippen molar-refractivity contribution >= 4 is 11.8 Å². The fourth-order valence-electron chi connectivity index (χ4n) is 1.96. The van der Waals surface area contributed by atoms with Gasteiger partial charge in [-0.1, -0.05) is 6.07 Å². The molecule has 0 bridgehead atoms. The number of ether oxygens (including phenoxy) is 2. The first kappa shape index (κ1) is 14.7. The molecule has 0 aliphatic carbocycles. The Hall–Kier alpha value is -2.70. The van der Waals surface area contributed by atoms with Crippen LogP contribution in [0, 0.1) is 0 Å². The number of hydrogen-bond acceptors (Lipinski definition) is 6. The van der Waals surface area contributed by atoms with Crippen LogP contribution in [0.2, 0.25) is 0 Å². The minimum Gasteiger partial charge on any atom is -0.493 e. The van der Waals surface area contributed by atoms with E-state index in [1.54, 1.807) is 44.3 Å². The molecule has 1 aromatic carbocycles. The number of benzene rings is 1. The number of nitrogens with zero attached hydrogens (tertiary/aromatic N) is 2. The number of nitrogens with two attached hydrogens (primary N) is 1. The van der Waals surface area contributed by atoms with E-state index in [-0.39, 0.29) is 11.4 Å². The summed E-state index contributed by atoms with van der Waals surface area (Å²) >= 11 is 0. The van der Waals surface area contributed by atoms with Gasteiger partial charge in [-0.25, -0.2) is 0 Å². The van der Waals surface area contributed by atoms with Gasteiger partial charge in [0.15, 0.2) is 11.5 Å². The molecule has 0 aliphatic heterocycles. The third kappa shape index (κ3) is 2.76. The molecule has 0 aliphatic rings. The van der Waals surface area contributed by atoms with Crippen molar-refractivity contribution in [1.29, 1.82) is 0 Å². The molecule has 3 N–H and O–H groups in total. The molecule has 7 nitrogen and oxygen atoms in total. The van der Waals surface area contributed by atoms with E-state index in [1.165, 1.54) is 7.11 Å². The first-order valence-electron chi connectivity index (χ1n) is 6.27. The highest BCUT2D eigenvalue weighted by Crippen LogP contribution is 2.32. The number of H-pyrrole nitrogens is 1. The summed E-state index contributed by atoms with van der Waals surface area (Å²) in [6.07, 6.45) is 0. The van der Waals surface area contributed by atoms with Crippen LogP contribution < -0.4 is 25.7 Å². The van der Waals surface area contributed by atoms with E-state index in [1.807, 2.05) is 0 Å². The van der Waals surface area contributed by atoms with Crippen LogP contribution in [0.4, 0.5) is 11.8 Å². The van der Waals surface area contributed by atoms with Crippen LogP contribution in [0.3, 0.4) is 0 Å². The number of aromatic nitrogens is 2. The van der Waals surface area contributed by atoms with Crippen molar-refractivity contribution in [3.05, 3.63) is 28.6 Å². The lowest BCUT2D eigenvalue weighted by molar-refractivity contribution is 0.355. The maximum Gasteiger partial charge on any atom is 0.262 e. The zero-order valence-electron chi connectivity index (χ0n) is 12.4. The smallest absolute Gasteiger partial charge is 0.262 e. The van der Waals surface area contributed by atoms with Gasteiger partial charge in [0.05, 0.1) is 19.8 Å². The van der Waals surface area contributed by atoms with Gasteiger partial charge in [0, 0.05) is 14.1 Å². The summed E-state index contributed by atoms with van der Waals surface area (Å²) in [4.78, 5) is 20.8. The van der Waals surface area contributed by atoms with Crippen molar-refractivity contribution in [2.75, 3.05) is 38.9 Å². The topological polar surface area (TPSA) is 93.5 Å². The second-order valence-corrected chi connectivity index (χ2v) is 4.61. The minimum atomic E-state index is -0.307. The Morgan fingerprint density at radius 3 is 2.38 bits per heavy atom. The lowest BCUT2D eigenvalue weighted by Gasteiger charge is -2.14. The Morgan fingerprint density at radius 1 is 1.19 bits per heavy atom. The van der Waals surface area contributed by atoms with Crippen molar-refractivity contribution in [2.45, 2.75) is 0 Å². The molecule has 21 heavy (non-hydrogen) atoms. The zero-order valence-corrected chi connectivity index (χ0v) is 12.4. The molecule has 1 heterocycles. The van der Waals surface area contributed by atoms with E-state index in [2.05, 4.69) is 9.97 Å². The van der Waals surface area contributed by atoms with Crippen LogP contribution in [0.15, 0.2) is 23.0 Å². The van der Waals surface area contributed by atoms with E-state index in [0.29, 0.717) is 28.6 Å². The molecule has 0 saturated heterocycles. The van der Waals surface area contributed by atoms with Crippen LogP contribution in [-0.4, -0.2) is 38.3 Å². The fourth-order valence-corrected chi connectivity index (χ4v) is 1.96. The molecule has 0 fully saturated rings. The quantitative estimate of drug-likeness (QED) is 0.876. The van der Waals surface area contributed by atoms with Gasteiger partial charge in [-0.15, -0.1) is 0 Å². The number of aromatic amines is 1. The number of methoxy groups -OCH3 is 2. The van der Waals surface area contributed by atoms with E-state index < -0.39 is 0 Å². The van der Waals surface area contributed by atoms with Crippen LogP contribution in [-0.2, 0) is 0 Å². The molecule has 0 atom stereocenters. The average Bonchev–Trinajstić information content (AvgIpc) is 2.46. The third-order valence-corrected chi connectivity index (χ3v) is 3.03. The minimum absolute atomic E-state index is 0.162. The van der Waals surface area contributed by atoms with Crippen molar-refractivity contribution in [3.63, 3.8) is 0 Å². The second kappa shape index (κ2) is 5.74. The highest BCUT2D eigenvalue weighted by atomic mass is 16.5. The molecule has 0 saturated carbocycles. The Balaban J connectivity index is 2.60. The molecular formula is C14H18N4O3. The predicted octanol–water partition coefficient (Wildman–Crippen LogP) is 1.10. The monoisotopic (exact) mass is 290 g/mol. The van der Waals surface area contributed by atoms with Gasteiger partial charge in [-0.3, -0.25) is 9.78 Å². The second-order valence-electron chi connectivity index (χ2n) is 4.61. The lowest BCUT2D eigenvalue weighted by Crippen LogP contribution is -2.21. The van der Waals surface area contributed by atoms with Gasteiger partial charge in [0.1, 0.15) is 5.82 Å². The van der Waals surface area contributed by atoms with Crippen molar-refractivity contribution in [3.8, 4) is 22.6 Å². The van der Waals surface area contributed by atoms with E-state index in [0.717, 1.165) is 0 Å². The summed E-state index contributed by atoms with van der Waals surface area (Å²) in [6.45, 7) is 0. The first-order valence-corrected chi connectivity index (χ1v) is 6.27. The van der Waals surface area contributed by atoms with Crippen molar-refractivity contribution in [2.24, 2.45) is 0 Å². The maximum absolute atomic E-state index is 12.2. The summed E-state index contributed by atoms with van der Waals surface area (Å²) in [5.74, 6) is 1.66. The van der Waals surface area contributed by atoms with E-state index in [4.69, 9.17) is 15.2 Å². The number of anilines is 2. The molecule has 2 rings (SSSR count). The Labute approximate surface area is 122 Å². The Bertz CT molecular complexity index is 710. The maximum atomic E-state index is 12.2. The van der Waals surface area contributed by atoms with Crippen LogP contribution >= 0.6 is 0 Å². The summed E-state index contributed by atoms with van der Waals surface area (Å²) < 4.78 is 10.4. The third-order valence-electron chi connectivity index (χ3n) is 3.03. The highest BCUT2D eigenvalue weighted by Gasteiger charge is 2.14. The molecule has 7 heteroatoms. The number of hydrogen-bond donors (Lipinski definition) is 2. The fraction of sp³-hybridized carbons (Fsp3) is 0.286. The number of nitrogens with one attached hydrogen (secondary N) is 1. The van der Waals surface area contributed by atoms with Gasteiger partial charge in [-0.05, 0) is 17.7 Å². The van der Waals surface area contributed by atoms with Gasteiger partial charge >= 0.3 is 0 Å². The van der Waals surface area contributed by atoms with Gasteiger partial charge in [0.2, 0.25) is 5.95 Å². The largest absolute Gasteiger partial charge is 0.493 e. The summed E-state index contributed by atoms with van der Waals surface area (Å²) in [5.41, 5.74) is 6.54. The zero-order chi connectivity index (χ0) is 15.6. The van der Waals surface area contributed by atoms with Crippen LogP contribution in [0.25, 0.3) is 11.1 Å². The van der Waals surface area contributed by atoms with Crippen molar-refractivity contribution < 1.29 is 9.47 Å². The normalized spacial score (nSPS) is 10.3. The SMILES string of the molecule is COc1ccc(-c2c(N)nc(N(C)C)[nH]c2=O)cc1OC. The van der Waals surface area contributed by atoms with Gasteiger partial charge in [-0.2, -0.15) is 4.98 Å². The molecule has 0 spiro atoms. The van der Waals surface area contributed by atoms with Crippen molar-refractivity contribution in [1.82, 2.24) is 9.97 Å². The Kier molecular flexibility index (Phi) is 4.02. The molecule has 0 unspecified atom stereocenters. The standard InChI is InChI=1S/C14H18N4O3/c1-18(2)14-16-12(15)11(13(19)17-14)8-5-6-9(20-3)10(7-8)21-4/h5-7H,1-4H3,(H3,15,16,17,19). The molecule has 1 aromatic heterocycles. The van der Waals surface area contributed by atoms with Crippen LogP contribution in [0.1, 0.15) is 0 Å². The lowest BCUT2D eigenvalue weighted by atomic mass is 10.1. The molecule has 0 radical (unpaired) electrons. The Morgan fingerprint density at radius 2 is 1.86 bits per heavy atom. The van der Waals surface area contributed by atoms with E-state index in [9.17, 15) is 4.79 Å². The summed E-state index contributed by atoms with van der Waals surface area (Å²) in [7, 11) is 6.62. The summed E-state index contributed by atoms with van der Waals surface area (Å²) in [6, 6.07) is 5.14. The highest BCUT2D eigenvalue weighted by molar-refractivity contribution is 5.75. The van der Waals surface area contributed by atoms with E-state index >= 15 is 0 Å². The van der Waals surface area contributed by atoms with Crippen LogP contribution in [0.5, 0.6) is 11.5 Å². The number of rotatable bonds is 4. The predicted molar refractivity (Wildman–Crippen MR) is 82.1 cm³/mol. The first-order chi connectivity index (χ1) is 9.97. The van der Waals surface area contributed by atoms with Gasteiger partial charge < -0.3 is 20.1 Å². The average molecular weight is 290 g/mol. The molecule has 112 valence electrons. The molecule has 0 amide bonds. The molecule has 2 aromatic rings. The molecular weight excluding hydrogens is 272 g/mol. The summed E-state index contributed by atoms with van der Waals surface area (Å²) in [5, 5.41) is 0. The number of nitrogen functional groups attached to an aromatic ring is 1. The van der Waals surface area contributed by atoms with Gasteiger partial charge in [0.25, 0.3) is 5.56 Å².